The molecule has 18 heavy (non-hydrogen) atoms. The van der Waals surface area contributed by atoms with Crippen LogP contribution in [0.3, 0.4) is 0 Å². The summed E-state index contributed by atoms with van der Waals surface area (Å²) in [6.07, 6.45) is 0. The van der Waals surface area contributed by atoms with Gasteiger partial charge in [-0.2, -0.15) is 0 Å². The molecule has 0 bridgehead atoms. The van der Waals surface area contributed by atoms with Crippen molar-refractivity contribution in [3.63, 3.8) is 0 Å². The van der Waals surface area contributed by atoms with Crippen LogP contribution in [0.25, 0.3) is 0 Å². The van der Waals surface area contributed by atoms with Crippen molar-refractivity contribution in [2.75, 3.05) is 19.6 Å². The van der Waals surface area contributed by atoms with Crippen molar-refractivity contribution in [3.05, 3.63) is 29.6 Å². The Hall–Kier alpha value is -0.930. The predicted octanol–water partition coefficient (Wildman–Crippen LogP) is 2.67. The molecular formula is C15H27N3. The van der Waals surface area contributed by atoms with E-state index >= 15 is 0 Å². The smallest absolute Gasteiger partial charge is 0.0547 e. The predicted molar refractivity (Wildman–Crippen MR) is 77.4 cm³/mol. The van der Waals surface area contributed by atoms with Gasteiger partial charge >= 0.3 is 0 Å². The van der Waals surface area contributed by atoms with Gasteiger partial charge < -0.3 is 5.32 Å². The third-order valence-electron chi connectivity index (χ3n) is 3.00. The fourth-order valence-electron chi connectivity index (χ4n) is 1.88. The molecule has 3 nitrogen and oxygen atoms in total. The number of pyridine rings is 1. The summed E-state index contributed by atoms with van der Waals surface area (Å²) in [5.41, 5.74) is 2.31. The molecule has 0 saturated heterocycles. The van der Waals surface area contributed by atoms with Gasteiger partial charge in [-0.05, 0) is 37.7 Å². The Bertz CT molecular complexity index is 332. The van der Waals surface area contributed by atoms with E-state index in [0.29, 0.717) is 5.92 Å². The van der Waals surface area contributed by atoms with Crippen LogP contribution in [0.2, 0.25) is 0 Å². The van der Waals surface area contributed by atoms with E-state index in [1.807, 2.05) is 0 Å². The van der Waals surface area contributed by atoms with Crippen LogP contribution in [0.1, 0.15) is 39.1 Å². The Morgan fingerprint density at radius 1 is 1.17 bits per heavy atom. The van der Waals surface area contributed by atoms with E-state index in [1.54, 1.807) is 0 Å². The molecule has 3 heteroatoms. The average Bonchev–Trinajstić information content (AvgIpc) is 2.36. The van der Waals surface area contributed by atoms with Crippen LogP contribution in [-0.2, 0) is 13.1 Å². The summed E-state index contributed by atoms with van der Waals surface area (Å²) in [4.78, 5) is 7.08. The molecule has 0 spiro atoms. The number of nitrogens with zero attached hydrogens (tertiary/aromatic N) is 2. The summed E-state index contributed by atoms with van der Waals surface area (Å²) in [6, 6.07) is 6.32. The molecule has 1 rings (SSSR count). The van der Waals surface area contributed by atoms with E-state index in [4.69, 9.17) is 4.98 Å². The van der Waals surface area contributed by atoms with Gasteiger partial charge in [-0.25, -0.2) is 0 Å². The minimum absolute atomic E-state index is 0.684. The largest absolute Gasteiger partial charge is 0.311 e. The zero-order valence-electron chi connectivity index (χ0n) is 12.2. The Morgan fingerprint density at radius 3 is 2.44 bits per heavy atom. The number of rotatable bonds is 8. The Kier molecular flexibility index (Phi) is 6.91. The van der Waals surface area contributed by atoms with E-state index in [9.17, 15) is 0 Å². The summed E-state index contributed by atoms with van der Waals surface area (Å²) in [6.45, 7) is 13.8. The molecule has 0 amide bonds. The third kappa shape index (κ3) is 5.61. The second kappa shape index (κ2) is 8.22. The minimum atomic E-state index is 0.684. The Morgan fingerprint density at radius 2 is 1.83 bits per heavy atom. The van der Waals surface area contributed by atoms with Crippen LogP contribution in [-0.4, -0.2) is 29.5 Å². The highest BCUT2D eigenvalue weighted by atomic mass is 15.1. The molecule has 0 aliphatic carbocycles. The van der Waals surface area contributed by atoms with E-state index in [-0.39, 0.29) is 0 Å². The maximum Gasteiger partial charge on any atom is 0.0547 e. The number of hydrogen-bond acceptors (Lipinski definition) is 3. The Balaban J connectivity index is 2.51. The first-order chi connectivity index (χ1) is 8.65. The van der Waals surface area contributed by atoms with Crippen molar-refractivity contribution in [1.82, 2.24) is 15.2 Å². The maximum atomic E-state index is 4.70. The van der Waals surface area contributed by atoms with Crippen LogP contribution in [0, 0.1) is 5.92 Å². The van der Waals surface area contributed by atoms with E-state index in [1.165, 1.54) is 5.69 Å². The van der Waals surface area contributed by atoms with Crippen LogP contribution in [0.15, 0.2) is 18.2 Å². The fraction of sp³-hybridized carbons (Fsp3) is 0.667. The lowest BCUT2D eigenvalue weighted by atomic mass is 10.2. The van der Waals surface area contributed by atoms with Gasteiger partial charge in [0.2, 0.25) is 0 Å². The standard InChI is InChI=1S/C15H27N3/c1-5-18(6-2)12-15-9-7-8-14(17-15)11-16-10-13(3)4/h7-9,13,16H,5-6,10-12H2,1-4H3. The second-order valence-electron chi connectivity index (χ2n) is 5.11. The number of hydrogen-bond donors (Lipinski definition) is 1. The number of aromatic nitrogens is 1. The minimum Gasteiger partial charge on any atom is -0.311 e. The monoisotopic (exact) mass is 249 g/mol. The van der Waals surface area contributed by atoms with Gasteiger partial charge in [-0.3, -0.25) is 9.88 Å². The molecule has 1 heterocycles. The van der Waals surface area contributed by atoms with E-state index < -0.39 is 0 Å². The molecule has 0 aliphatic heterocycles. The molecule has 1 aromatic heterocycles. The lowest BCUT2D eigenvalue weighted by Gasteiger charge is -2.17. The van der Waals surface area contributed by atoms with Gasteiger partial charge in [0, 0.05) is 13.1 Å². The summed E-state index contributed by atoms with van der Waals surface area (Å²) in [5.74, 6) is 0.684. The second-order valence-corrected chi connectivity index (χ2v) is 5.11. The molecule has 0 atom stereocenters. The first-order valence-electron chi connectivity index (χ1n) is 7.03. The van der Waals surface area contributed by atoms with Crippen molar-refractivity contribution in [2.24, 2.45) is 5.92 Å². The lowest BCUT2D eigenvalue weighted by molar-refractivity contribution is 0.292. The lowest BCUT2D eigenvalue weighted by Crippen LogP contribution is -2.23. The first-order valence-corrected chi connectivity index (χ1v) is 7.03. The highest BCUT2D eigenvalue weighted by Crippen LogP contribution is 2.04. The van der Waals surface area contributed by atoms with Gasteiger partial charge in [0.05, 0.1) is 11.4 Å². The first kappa shape index (κ1) is 15.1. The molecule has 1 N–H and O–H groups in total. The van der Waals surface area contributed by atoms with Crippen molar-refractivity contribution in [2.45, 2.75) is 40.8 Å². The molecule has 102 valence electrons. The van der Waals surface area contributed by atoms with Gasteiger partial charge in [0.15, 0.2) is 0 Å². The van der Waals surface area contributed by atoms with Crippen LogP contribution in [0.5, 0.6) is 0 Å². The summed E-state index contributed by atoms with van der Waals surface area (Å²) < 4.78 is 0. The van der Waals surface area contributed by atoms with Crippen LogP contribution >= 0.6 is 0 Å². The van der Waals surface area contributed by atoms with E-state index in [2.05, 4.69) is 56.1 Å². The summed E-state index contributed by atoms with van der Waals surface area (Å²) in [7, 11) is 0. The van der Waals surface area contributed by atoms with Crippen molar-refractivity contribution in [3.8, 4) is 0 Å². The highest BCUT2D eigenvalue weighted by molar-refractivity contribution is 5.11. The van der Waals surface area contributed by atoms with Crippen LogP contribution < -0.4 is 5.32 Å². The molecule has 0 fully saturated rings. The molecule has 0 unspecified atom stereocenters. The third-order valence-corrected chi connectivity index (χ3v) is 3.00. The molecule has 0 aliphatic rings. The summed E-state index contributed by atoms with van der Waals surface area (Å²) >= 11 is 0. The van der Waals surface area contributed by atoms with Gasteiger partial charge in [0.1, 0.15) is 0 Å². The zero-order valence-corrected chi connectivity index (χ0v) is 12.2. The zero-order chi connectivity index (χ0) is 13.4. The molecular weight excluding hydrogens is 222 g/mol. The van der Waals surface area contributed by atoms with Gasteiger partial charge in [-0.15, -0.1) is 0 Å². The Labute approximate surface area is 112 Å². The van der Waals surface area contributed by atoms with E-state index in [0.717, 1.165) is 38.4 Å². The van der Waals surface area contributed by atoms with Crippen molar-refractivity contribution < 1.29 is 0 Å². The normalized spacial score (nSPS) is 11.4. The molecule has 0 aromatic carbocycles. The molecule has 1 aromatic rings. The van der Waals surface area contributed by atoms with Crippen LogP contribution in [0.4, 0.5) is 0 Å². The highest BCUT2D eigenvalue weighted by Gasteiger charge is 2.03. The quantitative estimate of drug-likeness (QED) is 0.768. The molecule has 0 saturated carbocycles. The fourth-order valence-corrected chi connectivity index (χ4v) is 1.88. The molecule has 0 radical (unpaired) electrons. The SMILES string of the molecule is CCN(CC)Cc1cccc(CNCC(C)C)n1. The number of nitrogens with one attached hydrogen (secondary N) is 1. The average molecular weight is 249 g/mol. The van der Waals surface area contributed by atoms with Crippen molar-refractivity contribution >= 4 is 0 Å². The summed E-state index contributed by atoms with van der Waals surface area (Å²) in [5, 5.41) is 3.43. The topological polar surface area (TPSA) is 28.2 Å². The van der Waals surface area contributed by atoms with Crippen molar-refractivity contribution in [1.29, 1.82) is 0 Å². The maximum absolute atomic E-state index is 4.70. The van der Waals surface area contributed by atoms with Gasteiger partial charge in [0.25, 0.3) is 0 Å². The van der Waals surface area contributed by atoms with Gasteiger partial charge in [-0.1, -0.05) is 33.8 Å².